The van der Waals surface area contributed by atoms with Crippen molar-refractivity contribution in [2.45, 2.75) is 154 Å². The molecule has 0 bridgehead atoms. The topological polar surface area (TPSA) is 26.0 Å². The molecule has 0 heterocycles. The van der Waals surface area contributed by atoms with Crippen LogP contribution in [0.15, 0.2) is 0 Å². The standard InChI is InChI=1S/C24H49N/c1-2-3-4-5-6-7-8-9-10-11-12-13-14-15-16-18-21-24(25)22-19-17-20-23-24/h2-23,25H2,1H3. The Kier molecular flexibility index (Phi) is 14.9. The summed E-state index contributed by atoms with van der Waals surface area (Å²) in [5.41, 5.74) is 6.74. The Morgan fingerprint density at radius 3 is 1.28 bits per heavy atom. The highest BCUT2D eigenvalue weighted by molar-refractivity contribution is 4.86. The van der Waals surface area contributed by atoms with Crippen molar-refractivity contribution in [3.8, 4) is 0 Å². The van der Waals surface area contributed by atoms with Crippen molar-refractivity contribution in [2.75, 3.05) is 0 Å². The molecule has 1 saturated carbocycles. The van der Waals surface area contributed by atoms with E-state index in [0.717, 1.165) is 0 Å². The van der Waals surface area contributed by atoms with E-state index in [9.17, 15) is 0 Å². The predicted molar refractivity (Wildman–Crippen MR) is 114 cm³/mol. The van der Waals surface area contributed by atoms with Gasteiger partial charge in [-0.15, -0.1) is 0 Å². The molecule has 1 rings (SSSR count). The van der Waals surface area contributed by atoms with Crippen LogP contribution >= 0.6 is 0 Å². The molecule has 0 spiro atoms. The second kappa shape index (κ2) is 16.2. The van der Waals surface area contributed by atoms with E-state index in [2.05, 4.69) is 6.92 Å². The minimum absolute atomic E-state index is 0.217. The minimum Gasteiger partial charge on any atom is -0.325 e. The molecular formula is C24H49N. The van der Waals surface area contributed by atoms with Crippen LogP contribution in [0.3, 0.4) is 0 Å². The lowest BCUT2D eigenvalue weighted by Gasteiger charge is -2.33. The van der Waals surface area contributed by atoms with E-state index in [-0.39, 0.29) is 5.54 Å². The van der Waals surface area contributed by atoms with Gasteiger partial charge in [-0.25, -0.2) is 0 Å². The number of nitrogens with two attached hydrogens (primary N) is 1. The van der Waals surface area contributed by atoms with Gasteiger partial charge in [-0.3, -0.25) is 0 Å². The van der Waals surface area contributed by atoms with Gasteiger partial charge in [-0.05, 0) is 19.3 Å². The zero-order valence-electron chi connectivity index (χ0n) is 17.6. The van der Waals surface area contributed by atoms with Crippen LogP contribution in [0, 0.1) is 0 Å². The van der Waals surface area contributed by atoms with E-state index in [0.29, 0.717) is 0 Å². The zero-order chi connectivity index (χ0) is 18.1. The maximum absolute atomic E-state index is 6.52. The molecule has 1 aliphatic carbocycles. The average Bonchev–Trinajstić information content (AvgIpc) is 2.62. The molecule has 25 heavy (non-hydrogen) atoms. The molecule has 0 aromatic heterocycles. The molecule has 0 aliphatic heterocycles. The van der Waals surface area contributed by atoms with Gasteiger partial charge >= 0.3 is 0 Å². The van der Waals surface area contributed by atoms with Gasteiger partial charge in [0.2, 0.25) is 0 Å². The fraction of sp³-hybridized carbons (Fsp3) is 1.00. The average molecular weight is 352 g/mol. The van der Waals surface area contributed by atoms with Crippen LogP contribution in [0.25, 0.3) is 0 Å². The summed E-state index contributed by atoms with van der Waals surface area (Å²) in [5, 5.41) is 0. The predicted octanol–water partition coefficient (Wildman–Crippen LogP) is 8.30. The maximum Gasteiger partial charge on any atom is 0.0154 e. The Morgan fingerprint density at radius 1 is 0.520 bits per heavy atom. The summed E-state index contributed by atoms with van der Waals surface area (Å²) in [4.78, 5) is 0. The molecule has 0 unspecified atom stereocenters. The number of hydrogen-bond donors (Lipinski definition) is 1. The van der Waals surface area contributed by atoms with Crippen molar-refractivity contribution in [3.63, 3.8) is 0 Å². The molecule has 150 valence electrons. The van der Waals surface area contributed by atoms with E-state index in [4.69, 9.17) is 5.73 Å². The summed E-state index contributed by atoms with van der Waals surface area (Å²) in [7, 11) is 0. The van der Waals surface area contributed by atoms with E-state index in [1.807, 2.05) is 0 Å². The van der Waals surface area contributed by atoms with Crippen LogP contribution in [-0.4, -0.2) is 5.54 Å². The van der Waals surface area contributed by atoms with Crippen LogP contribution in [0.1, 0.15) is 148 Å². The first kappa shape index (κ1) is 23.0. The molecule has 0 radical (unpaired) electrons. The molecule has 1 nitrogen and oxygen atoms in total. The Balaban J connectivity index is 1.72. The van der Waals surface area contributed by atoms with E-state index >= 15 is 0 Å². The Labute approximate surface area is 159 Å². The van der Waals surface area contributed by atoms with Crippen molar-refractivity contribution in [1.29, 1.82) is 0 Å². The Hall–Kier alpha value is -0.0400. The van der Waals surface area contributed by atoms with Gasteiger partial charge in [0.25, 0.3) is 0 Å². The molecule has 2 N–H and O–H groups in total. The van der Waals surface area contributed by atoms with E-state index < -0.39 is 0 Å². The molecular weight excluding hydrogens is 302 g/mol. The minimum atomic E-state index is 0.217. The number of hydrogen-bond acceptors (Lipinski definition) is 1. The second-order valence-corrected chi connectivity index (χ2v) is 8.98. The van der Waals surface area contributed by atoms with Crippen molar-refractivity contribution in [2.24, 2.45) is 5.73 Å². The molecule has 1 fully saturated rings. The summed E-state index contributed by atoms with van der Waals surface area (Å²) in [5.74, 6) is 0. The van der Waals surface area contributed by atoms with E-state index in [1.165, 1.54) is 141 Å². The highest BCUT2D eigenvalue weighted by atomic mass is 14.7. The lowest BCUT2D eigenvalue weighted by molar-refractivity contribution is 0.269. The SMILES string of the molecule is CCCCCCCCCCCCCCCCCCC1(N)CCCCC1. The summed E-state index contributed by atoms with van der Waals surface area (Å²) in [6.07, 6.45) is 31.2. The number of rotatable bonds is 17. The second-order valence-electron chi connectivity index (χ2n) is 8.98. The number of unbranched alkanes of at least 4 members (excludes halogenated alkanes) is 15. The van der Waals surface area contributed by atoms with Crippen molar-refractivity contribution >= 4 is 0 Å². The summed E-state index contributed by atoms with van der Waals surface area (Å²) < 4.78 is 0. The van der Waals surface area contributed by atoms with Gasteiger partial charge in [-0.1, -0.05) is 129 Å². The quantitative estimate of drug-likeness (QED) is 0.262. The lowest BCUT2D eigenvalue weighted by atomic mass is 9.79. The van der Waals surface area contributed by atoms with Crippen LogP contribution in [-0.2, 0) is 0 Å². The monoisotopic (exact) mass is 351 g/mol. The van der Waals surface area contributed by atoms with Crippen LogP contribution in [0.2, 0.25) is 0 Å². The smallest absolute Gasteiger partial charge is 0.0154 e. The third-order valence-electron chi connectivity index (χ3n) is 6.38. The normalized spacial score (nSPS) is 17.0. The van der Waals surface area contributed by atoms with Gasteiger partial charge in [0.1, 0.15) is 0 Å². The highest BCUT2D eigenvalue weighted by Gasteiger charge is 2.26. The summed E-state index contributed by atoms with van der Waals surface area (Å²) in [6.45, 7) is 2.30. The van der Waals surface area contributed by atoms with Gasteiger partial charge in [0.05, 0.1) is 0 Å². The molecule has 0 amide bonds. The largest absolute Gasteiger partial charge is 0.325 e. The van der Waals surface area contributed by atoms with Gasteiger partial charge < -0.3 is 5.73 Å². The van der Waals surface area contributed by atoms with Crippen molar-refractivity contribution in [3.05, 3.63) is 0 Å². The lowest BCUT2D eigenvalue weighted by Crippen LogP contribution is -2.41. The van der Waals surface area contributed by atoms with Crippen molar-refractivity contribution < 1.29 is 0 Å². The van der Waals surface area contributed by atoms with Gasteiger partial charge in [0, 0.05) is 5.54 Å². The molecule has 0 aromatic carbocycles. The Morgan fingerprint density at radius 2 is 0.880 bits per heavy atom. The highest BCUT2D eigenvalue weighted by Crippen LogP contribution is 2.30. The summed E-state index contributed by atoms with van der Waals surface area (Å²) >= 11 is 0. The third-order valence-corrected chi connectivity index (χ3v) is 6.38. The molecule has 1 heteroatoms. The zero-order valence-corrected chi connectivity index (χ0v) is 17.6. The van der Waals surface area contributed by atoms with Gasteiger partial charge in [-0.2, -0.15) is 0 Å². The maximum atomic E-state index is 6.52. The summed E-state index contributed by atoms with van der Waals surface area (Å²) in [6, 6.07) is 0. The Bertz CT molecular complexity index is 267. The molecule has 0 saturated heterocycles. The first-order chi connectivity index (χ1) is 12.3. The first-order valence-electron chi connectivity index (χ1n) is 12.1. The van der Waals surface area contributed by atoms with Gasteiger partial charge in [0.15, 0.2) is 0 Å². The molecule has 0 aromatic rings. The van der Waals surface area contributed by atoms with E-state index in [1.54, 1.807) is 0 Å². The first-order valence-corrected chi connectivity index (χ1v) is 12.1. The fourth-order valence-electron chi connectivity index (χ4n) is 4.53. The fourth-order valence-corrected chi connectivity index (χ4v) is 4.53. The van der Waals surface area contributed by atoms with Crippen molar-refractivity contribution in [1.82, 2.24) is 0 Å². The van der Waals surface area contributed by atoms with Crippen LogP contribution < -0.4 is 5.73 Å². The third kappa shape index (κ3) is 13.8. The molecule has 1 aliphatic rings. The van der Waals surface area contributed by atoms with Crippen LogP contribution in [0.5, 0.6) is 0 Å². The molecule has 0 atom stereocenters. The van der Waals surface area contributed by atoms with Crippen LogP contribution in [0.4, 0.5) is 0 Å².